The quantitative estimate of drug-likeness (QED) is 0.318. The first kappa shape index (κ1) is 21.6. The molecule has 3 rings (SSSR count). The number of benzene rings is 2. The maximum Gasteiger partial charge on any atom is 0.311 e. The van der Waals surface area contributed by atoms with Gasteiger partial charge in [-0.15, -0.1) is 0 Å². The van der Waals surface area contributed by atoms with Gasteiger partial charge in [-0.05, 0) is 36.1 Å². The minimum atomic E-state index is -0.388. The first-order chi connectivity index (χ1) is 13.1. The fourth-order valence-electron chi connectivity index (χ4n) is 2.99. The first-order valence-corrected chi connectivity index (χ1v) is 9.03. The van der Waals surface area contributed by atoms with Gasteiger partial charge in [-0.3, -0.25) is 10.1 Å². The number of nitro groups is 1. The zero-order valence-electron chi connectivity index (χ0n) is 16.0. The minimum Gasteiger partial charge on any atom is -1.00 e. The highest BCUT2D eigenvalue weighted by Gasteiger charge is 2.19. The van der Waals surface area contributed by atoms with Crippen LogP contribution in [-0.4, -0.2) is 11.5 Å². The van der Waals surface area contributed by atoms with Crippen LogP contribution in [-0.2, 0) is 6.54 Å². The second-order valence-corrected chi connectivity index (χ2v) is 6.49. The molecular weight excluding hydrogens is 420 g/mol. The molecule has 0 amide bonds. The van der Waals surface area contributed by atoms with Crippen LogP contribution in [0.25, 0.3) is 11.1 Å². The number of hydrogen-bond donors (Lipinski definition) is 0. The van der Waals surface area contributed by atoms with Crippen LogP contribution in [0.5, 0.6) is 5.75 Å². The van der Waals surface area contributed by atoms with Crippen molar-refractivity contribution in [2.75, 3.05) is 6.61 Å². The van der Waals surface area contributed by atoms with Crippen molar-refractivity contribution in [1.29, 1.82) is 0 Å². The predicted molar refractivity (Wildman–Crippen MR) is 105 cm³/mol. The van der Waals surface area contributed by atoms with E-state index in [4.69, 9.17) is 4.74 Å². The van der Waals surface area contributed by atoms with Crippen LogP contribution in [0.4, 0.5) is 5.69 Å². The number of aryl methyl sites for hydroxylation is 1. The number of halogens is 1. The summed E-state index contributed by atoms with van der Waals surface area (Å²) in [5.74, 6) is 0.323. The van der Waals surface area contributed by atoms with E-state index in [1.807, 2.05) is 56.6 Å². The van der Waals surface area contributed by atoms with E-state index in [9.17, 15) is 10.1 Å². The van der Waals surface area contributed by atoms with Crippen molar-refractivity contribution >= 4 is 5.69 Å². The minimum absolute atomic E-state index is 0. The average molecular weight is 443 g/mol. The van der Waals surface area contributed by atoms with Gasteiger partial charge >= 0.3 is 5.69 Å². The lowest BCUT2D eigenvalue weighted by atomic mass is 10.0. The van der Waals surface area contributed by atoms with Crippen molar-refractivity contribution in [3.8, 4) is 16.9 Å². The Morgan fingerprint density at radius 2 is 1.75 bits per heavy atom. The van der Waals surface area contributed by atoms with E-state index in [0.717, 1.165) is 29.7 Å². The summed E-state index contributed by atoms with van der Waals surface area (Å²) in [6, 6.07) is 17.7. The maximum atomic E-state index is 11.3. The van der Waals surface area contributed by atoms with Crippen molar-refractivity contribution in [2.45, 2.75) is 26.8 Å². The second kappa shape index (κ2) is 9.99. The zero-order valence-corrected chi connectivity index (χ0v) is 17.6. The number of nitro benzene ring substituents is 1. The molecule has 0 aliphatic rings. The molecule has 0 aliphatic carbocycles. The van der Waals surface area contributed by atoms with Gasteiger partial charge in [-0.1, -0.05) is 37.3 Å². The lowest BCUT2D eigenvalue weighted by molar-refractivity contribution is -0.688. The van der Waals surface area contributed by atoms with Gasteiger partial charge in [0.25, 0.3) is 0 Å². The van der Waals surface area contributed by atoms with Gasteiger partial charge in [-0.2, -0.15) is 0 Å². The third-order valence-electron chi connectivity index (χ3n) is 4.37. The van der Waals surface area contributed by atoms with Gasteiger partial charge in [0.1, 0.15) is 0 Å². The van der Waals surface area contributed by atoms with Gasteiger partial charge in [0.05, 0.1) is 11.5 Å². The Hall–Kier alpha value is -2.73. The maximum absolute atomic E-state index is 11.3. The predicted octanol–water partition coefficient (Wildman–Crippen LogP) is 1.70. The fraction of sp³-hybridized carbons (Fsp3) is 0.227. The number of rotatable bonds is 7. The molecule has 146 valence electrons. The SMILES string of the molecule is CCCOc1cc(-c2cc[n+](Cc3ccccc3)cc2)c(C)cc1[N+](=O)[O-].[Br-]. The molecule has 3 aromatic rings. The summed E-state index contributed by atoms with van der Waals surface area (Å²) >= 11 is 0. The van der Waals surface area contributed by atoms with Crippen molar-refractivity contribution in [3.63, 3.8) is 0 Å². The van der Waals surface area contributed by atoms with Crippen molar-refractivity contribution in [3.05, 3.63) is 88.2 Å². The van der Waals surface area contributed by atoms with Crippen LogP contribution in [0, 0.1) is 17.0 Å². The molecule has 6 heteroatoms. The molecule has 1 aromatic heterocycles. The Morgan fingerprint density at radius 1 is 1.07 bits per heavy atom. The third-order valence-corrected chi connectivity index (χ3v) is 4.37. The third kappa shape index (κ3) is 5.16. The molecule has 0 bridgehead atoms. The van der Waals surface area contributed by atoms with Gasteiger partial charge in [0, 0.05) is 23.8 Å². The summed E-state index contributed by atoms with van der Waals surface area (Å²) in [5, 5.41) is 11.3. The van der Waals surface area contributed by atoms with Crippen LogP contribution in [0.3, 0.4) is 0 Å². The van der Waals surface area contributed by atoms with Gasteiger partial charge in [-0.25, -0.2) is 4.57 Å². The number of hydrogen-bond acceptors (Lipinski definition) is 3. The van der Waals surface area contributed by atoms with E-state index < -0.39 is 0 Å². The molecule has 1 heterocycles. The largest absolute Gasteiger partial charge is 1.00 e. The molecule has 0 radical (unpaired) electrons. The first-order valence-electron chi connectivity index (χ1n) is 9.03. The highest BCUT2D eigenvalue weighted by molar-refractivity contribution is 5.71. The van der Waals surface area contributed by atoms with E-state index >= 15 is 0 Å². The lowest BCUT2D eigenvalue weighted by Crippen LogP contribution is -3.00. The Labute approximate surface area is 175 Å². The van der Waals surface area contributed by atoms with Crippen LogP contribution in [0.1, 0.15) is 24.5 Å². The molecule has 0 aliphatic heterocycles. The molecule has 0 unspecified atom stereocenters. The molecule has 2 aromatic carbocycles. The Bertz CT molecular complexity index is 929. The molecule has 0 saturated heterocycles. The van der Waals surface area contributed by atoms with Crippen LogP contribution < -0.4 is 26.3 Å². The highest BCUT2D eigenvalue weighted by Crippen LogP contribution is 2.35. The molecule has 0 N–H and O–H groups in total. The summed E-state index contributed by atoms with van der Waals surface area (Å²) in [4.78, 5) is 10.9. The van der Waals surface area contributed by atoms with Gasteiger partial charge in [0.15, 0.2) is 24.7 Å². The van der Waals surface area contributed by atoms with Crippen molar-refractivity contribution in [1.82, 2.24) is 0 Å². The zero-order chi connectivity index (χ0) is 19.2. The van der Waals surface area contributed by atoms with E-state index in [0.29, 0.717) is 12.4 Å². The number of pyridine rings is 1. The molecule has 0 fully saturated rings. The Kier molecular flexibility index (Phi) is 7.70. The summed E-state index contributed by atoms with van der Waals surface area (Å²) < 4.78 is 7.73. The van der Waals surface area contributed by atoms with Crippen LogP contribution in [0.15, 0.2) is 67.0 Å². The van der Waals surface area contributed by atoms with E-state index in [1.165, 1.54) is 5.56 Å². The highest BCUT2D eigenvalue weighted by atomic mass is 79.9. The summed E-state index contributed by atoms with van der Waals surface area (Å²) in [6.07, 6.45) is 4.84. The molecular formula is C22H23BrN2O3. The normalized spacial score (nSPS) is 10.2. The number of nitrogens with zero attached hydrogens (tertiary/aromatic N) is 2. The molecule has 5 nitrogen and oxygen atoms in total. The lowest BCUT2D eigenvalue weighted by Gasteiger charge is -2.11. The van der Waals surface area contributed by atoms with Crippen molar-refractivity contribution < 1.29 is 31.2 Å². The number of ether oxygens (including phenoxy) is 1. The van der Waals surface area contributed by atoms with E-state index in [-0.39, 0.29) is 27.6 Å². The molecule has 0 spiro atoms. The van der Waals surface area contributed by atoms with Gasteiger partial charge in [0.2, 0.25) is 0 Å². The van der Waals surface area contributed by atoms with Gasteiger partial charge < -0.3 is 21.7 Å². The smallest absolute Gasteiger partial charge is 0.311 e. The fourth-order valence-corrected chi connectivity index (χ4v) is 2.99. The topological polar surface area (TPSA) is 56.2 Å². The van der Waals surface area contributed by atoms with Crippen molar-refractivity contribution in [2.24, 2.45) is 0 Å². The number of aromatic nitrogens is 1. The second-order valence-electron chi connectivity index (χ2n) is 6.49. The Morgan fingerprint density at radius 3 is 2.36 bits per heavy atom. The monoisotopic (exact) mass is 442 g/mol. The molecule has 0 saturated carbocycles. The van der Waals surface area contributed by atoms with Crippen LogP contribution >= 0.6 is 0 Å². The summed E-state index contributed by atoms with van der Waals surface area (Å²) in [6.45, 7) is 5.11. The van der Waals surface area contributed by atoms with E-state index in [1.54, 1.807) is 12.1 Å². The molecule has 28 heavy (non-hydrogen) atoms. The average Bonchev–Trinajstić information content (AvgIpc) is 2.68. The van der Waals surface area contributed by atoms with Crippen LogP contribution in [0.2, 0.25) is 0 Å². The molecule has 0 atom stereocenters. The summed E-state index contributed by atoms with van der Waals surface area (Å²) in [5.41, 5.74) is 4.05. The summed E-state index contributed by atoms with van der Waals surface area (Å²) in [7, 11) is 0. The Balaban J connectivity index is 0.00000280. The van der Waals surface area contributed by atoms with E-state index in [2.05, 4.69) is 16.7 Å². The standard InChI is InChI=1S/C22H23N2O3.BrH/c1-3-13-27-22-15-20(17(2)14-21(22)24(25)26)19-9-11-23(12-10-19)16-18-7-5-4-6-8-18;/h4-12,14-15H,3,13,16H2,1-2H3;1H/q+1;/p-1.